The van der Waals surface area contributed by atoms with Gasteiger partial charge in [0.15, 0.2) is 6.61 Å². The molecular weight excluding hydrogens is 696 g/mol. The highest BCUT2D eigenvalue weighted by molar-refractivity contribution is 6.06. The Bertz CT molecular complexity index is 2070. The van der Waals surface area contributed by atoms with E-state index in [0.717, 1.165) is 22.5 Å². The van der Waals surface area contributed by atoms with Gasteiger partial charge in [-0.05, 0) is 66.2 Å². The van der Waals surface area contributed by atoms with Gasteiger partial charge in [-0.2, -0.15) is 26.3 Å². The first kappa shape index (κ1) is 36.0. The zero-order valence-corrected chi connectivity index (χ0v) is 27.5. The SMILES string of the molecule is Cn1c(C(=O)N2CCN(Cc3ccc(OCC(F)(F)F)cc3)CC2)cc2cc(Oc3ccc(NC(=O)c4ccc(C(F)(F)F)cc4O)cn3)ccc21. The van der Waals surface area contributed by atoms with Crippen molar-refractivity contribution in [2.24, 2.45) is 7.05 Å². The molecule has 1 saturated heterocycles. The molecule has 0 atom stereocenters. The molecular formula is C36H31F6N5O5. The summed E-state index contributed by atoms with van der Waals surface area (Å²) in [5.74, 6) is -1.01. The summed E-state index contributed by atoms with van der Waals surface area (Å²) in [5, 5.41) is 13.2. The fraction of sp³-hybridized carbons (Fsp3) is 0.250. The zero-order valence-electron chi connectivity index (χ0n) is 27.5. The molecule has 2 amide bonds. The molecule has 0 spiro atoms. The van der Waals surface area contributed by atoms with Crippen molar-refractivity contribution in [3.8, 4) is 23.1 Å². The van der Waals surface area contributed by atoms with E-state index in [4.69, 9.17) is 9.47 Å². The number of pyridine rings is 1. The average Bonchev–Trinajstić information content (AvgIpc) is 3.43. The van der Waals surface area contributed by atoms with Gasteiger partial charge in [-0.25, -0.2) is 4.98 Å². The summed E-state index contributed by atoms with van der Waals surface area (Å²) in [5.41, 5.74) is 1.00. The lowest BCUT2D eigenvalue weighted by Crippen LogP contribution is -2.48. The molecule has 0 radical (unpaired) electrons. The number of amides is 2. The maximum absolute atomic E-state index is 13.5. The van der Waals surface area contributed by atoms with Crippen molar-refractivity contribution in [2.45, 2.75) is 18.9 Å². The predicted molar refractivity (Wildman–Crippen MR) is 177 cm³/mol. The number of hydrogen-bond acceptors (Lipinski definition) is 7. The maximum atomic E-state index is 13.5. The van der Waals surface area contributed by atoms with Gasteiger partial charge in [0.1, 0.15) is 22.9 Å². The minimum Gasteiger partial charge on any atom is -0.507 e. The van der Waals surface area contributed by atoms with Gasteiger partial charge in [0.2, 0.25) is 5.88 Å². The number of hydrogen-bond donors (Lipinski definition) is 2. The summed E-state index contributed by atoms with van der Waals surface area (Å²) >= 11 is 0. The summed E-state index contributed by atoms with van der Waals surface area (Å²) in [6.07, 6.45) is -7.78. The van der Waals surface area contributed by atoms with Gasteiger partial charge in [-0.15, -0.1) is 0 Å². The lowest BCUT2D eigenvalue weighted by atomic mass is 10.1. The standard InChI is InChI=1S/C36H31F6N5O5/c1-45-29-10-8-27(52-32-11-5-25(19-43-32)44-33(49)28-9-4-24(18-31(28)48)36(40,41)42)16-23(29)17-30(45)34(50)47-14-12-46(13-15-47)20-22-2-6-26(7-3-22)51-21-35(37,38)39/h2-11,16-19,48H,12-15,20-21H2,1H3,(H,44,49). The highest BCUT2D eigenvalue weighted by atomic mass is 19.4. The molecule has 0 aliphatic carbocycles. The molecule has 2 N–H and O–H groups in total. The van der Waals surface area contributed by atoms with Crippen LogP contribution in [0.25, 0.3) is 10.9 Å². The Kier molecular flexibility index (Phi) is 10.0. The van der Waals surface area contributed by atoms with Crippen LogP contribution in [0.4, 0.5) is 32.0 Å². The van der Waals surface area contributed by atoms with Gasteiger partial charge in [0.25, 0.3) is 11.8 Å². The summed E-state index contributed by atoms with van der Waals surface area (Å²) in [4.78, 5) is 34.2. The van der Waals surface area contributed by atoms with Crippen LogP contribution in [0.15, 0.2) is 85.1 Å². The van der Waals surface area contributed by atoms with E-state index in [1.165, 1.54) is 30.5 Å². The van der Waals surface area contributed by atoms with Crippen LogP contribution in [0.3, 0.4) is 0 Å². The van der Waals surface area contributed by atoms with E-state index in [-0.39, 0.29) is 28.8 Å². The van der Waals surface area contributed by atoms with E-state index < -0.39 is 36.2 Å². The highest BCUT2D eigenvalue weighted by Gasteiger charge is 2.32. The Morgan fingerprint density at radius 2 is 1.58 bits per heavy atom. The number of halogens is 6. The molecule has 3 heterocycles. The Morgan fingerprint density at radius 1 is 0.865 bits per heavy atom. The number of piperazine rings is 1. The summed E-state index contributed by atoms with van der Waals surface area (Å²) in [6.45, 7) is 1.46. The lowest BCUT2D eigenvalue weighted by molar-refractivity contribution is -0.153. The van der Waals surface area contributed by atoms with Crippen molar-refractivity contribution in [3.05, 3.63) is 107 Å². The van der Waals surface area contributed by atoms with Crippen LogP contribution in [-0.4, -0.2) is 75.2 Å². The number of anilines is 1. The first-order valence-electron chi connectivity index (χ1n) is 15.9. The van der Waals surface area contributed by atoms with Crippen molar-refractivity contribution in [3.63, 3.8) is 0 Å². The van der Waals surface area contributed by atoms with Crippen LogP contribution in [-0.2, 0) is 19.8 Å². The number of phenolic OH excluding ortho intramolecular Hbond substituents is 1. The number of aromatic nitrogens is 2. The number of benzene rings is 3. The molecule has 3 aromatic carbocycles. The third-order valence-corrected chi connectivity index (χ3v) is 8.41. The van der Waals surface area contributed by atoms with Crippen LogP contribution in [0, 0.1) is 0 Å². The molecule has 6 rings (SSSR count). The number of nitrogens with one attached hydrogen (secondary N) is 1. The molecule has 0 bridgehead atoms. The van der Waals surface area contributed by atoms with Gasteiger partial charge in [-0.3, -0.25) is 14.5 Å². The number of aryl methyl sites for hydroxylation is 1. The number of fused-ring (bicyclic) bond motifs is 1. The molecule has 52 heavy (non-hydrogen) atoms. The number of carbonyl (C=O) groups excluding carboxylic acids is 2. The second kappa shape index (κ2) is 14.5. The monoisotopic (exact) mass is 727 g/mol. The largest absolute Gasteiger partial charge is 0.507 e. The smallest absolute Gasteiger partial charge is 0.422 e. The van der Waals surface area contributed by atoms with E-state index in [0.29, 0.717) is 56.3 Å². The van der Waals surface area contributed by atoms with Gasteiger partial charge in [0, 0.05) is 56.7 Å². The molecule has 5 aromatic rings. The van der Waals surface area contributed by atoms with E-state index >= 15 is 0 Å². The average molecular weight is 728 g/mol. The lowest BCUT2D eigenvalue weighted by Gasteiger charge is -2.34. The molecule has 0 saturated carbocycles. The molecule has 2 aromatic heterocycles. The number of carbonyl (C=O) groups is 2. The third-order valence-electron chi connectivity index (χ3n) is 8.41. The van der Waals surface area contributed by atoms with Crippen LogP contribution in [0.5, 0.6) is 23.1 Å². The molecule has 1 aliphatic rings. The second-order valence-electron chi connectivity index (χ2n) is 12.1. The molecule has 1 fully saturated rings. The topological polar surface area (TPSA) is 109 Å². The van der Waals surface area contributed by atoms with Gasteiger partial charge >= 0.3 is 12.4 Å². The van der Waals surface area contributed by atoms with Gasteiger partial charge < -0.3 is 29.4 Å². The zero-order chi connectivity index (χ0) is 37.2. The van der Waals surface area contributed by atoms with E-state index in [2.05, 4.69) is 15.2 Å². The quantitative estimate of drug-likeness (QED) is 0.154. The summed E-state index contributed by atoms with van der Waals surface area (Å²) in [6, 6.07) is 18.6. The molecule has 272 valence electrons. The Balaban J connectivity index is 1.03. The van der Waals surface area contributed by atoms with Crippen molar-refractivity contribution < 1.29 is 50.5 Å². The third kappa shape index (κ3) is 8.57. The Morgan fingerprint density at radius 3 is 2.21 bits per heavy atom. The van der Waals surface area contributed by atoms with Crippen molar-refractivity contribution in [1.82, 2.24) is 19.4 Å². The maximum Gasteiger partial charge on any atom is 0.422 e. The normalized spacial score (nSPS) is 14.0. The first-order valence-corrected chi connectivity index (χ1v) is 15.9. The van der Waals surface area contributed by atoms with Crippen molar-refractivity contribution in [1.29, 1.82) is 0 Å². The Hall–Kier alpha value is -5.77. The van der Waals surface area contributed by atoms with Crippen molar-refractivity contribution >= 4 is 28.4 Å². The summed E-state index contributed by atoms with van der Waals surface area (Å²) < 4.78 is 88.3. The minimum atomic E-state index is -4.67. The number of nitrogens with zero attached hydrogens (tertiary/aromatic N) is 4. The van der Waals surface area contributed by atoms with E-state index in [9.17, 15) is 41.0 Å². The van der Waals surface area contributed by atoms with E-state index in [1.807, 2.05) is 6.07 Å². The highest BCUT2D eigenvalue weighted by Crippen LogP contribution is 2.33. The molecule has 1 aliphatic heterocycles. The van der Waals surface area contributed by atoms with Crippen LogP contribution < -0.4 is 14.8 Å². The fourth-order valence-corrected chi connectivity index (χ4v) is 5.72. The predicted octanol–water partition coefficient (Wildman–Crippen LogP) is 7.24. The first-order chi connectivity index (χ1) is 24.6. The number of phenols is 1. The van der Waals surface area contributed by atoms with Crippen molar-refractivity contribution in [2.75, 3.05) is 38.1 Å². The minimum absolute atomic E-state index is 0.129. The van der Waals surface area contributed by atoms with Gasteiger partial charge in [-0.1, -0.05) is 12.1 Å². The second-order valence-corrected chi connectivity index (χ2v) is 12.1. The number of alkyl halides is 6. The van der Waals surface area contributed by atoms with Gasteiger partial charge in [0.05, 0.1) is 23.0 Å². The number of ether oxygens (including phenoxy) is 2. The molecule has 0 unspecified atom stereocenters. The number of aromatic hydroxyl groups is 1. The van der Waals surface area contributed by atoms with Crippen LogP contribution >= 0.6 is 0 Å². The summed E-state index contributed by atoms with van der Waals surface area (Å²) in [7, 11) is 1.80. The Labute approximate surface area is 292 Å². The molecule has 16 heteroatoms. The molecule has 10 nitrogen and oxygen atoms in total. The van der Waals surface area contributed by atoms with E-state index in [1.54, 1.807) is 46.8 Å². The fourth-order valence-electron chi connectivity index (χ4n) is 5.72. The van der Waals surface area contributed by atoms with Crippen LogP contribution in [0.2, 0.25) is 0 Å². The number of rotatable bonds is 9. The van der Waals surface area contributed by atoms with Crippen LogP contribution in [0.1, 0.15) is 32.0 Å².